The maximum absolute atomic E-state index is 13.6. The standard InChI is InChI=1S/C20H21FN6OS/c1-12-22-19(28-26-12)13-5-8-27(9-6-13)20-24-16-7-10-29-17(16)18(25-20)23-15-4-2-3-14(21)11-15/h2-4,11,13H,5-10H2,1H3,(H,23,24,25). The lowest BCUT2D eigenvalue weighted by molar-refractivity contribution is 0.327. The van der Waals surface area contributed by atoms with E-state index >= 15 is 0 Å². The Morgan fingerprint density at radius 3 is 2.83 bits per heavy atom. The quantitative estimate of drug-likeness (QED) is 0.687. The molecular weight excluding hydrogens is 391 g/mol. The third kappa shape index (κ3) is 3.78. The first-order valence-corrected chi connectivity index (χ1v) is 10.8. The lowest BCUT2D eigenvalue weighted by Gasteiger charge is -2.31. The molecule has 150 valence electrons. The molecule has 0 spiro atoms. The van der Waals surface area contributed by atoms with E-state index in [1.807, 2.05) is 13.0 Å². The van der Waals surface area contributed by atoms with Gasteiger partial charge in [-0.2, -0.15) is 9.97 Å². The SMILES string of the molecule is Cc1noc(C2CCN(c3nc4c(c(Nc5cccc(F)c5)n3)SCC4)CC2)n1. The van der Waals surface area contributed by atoms with Crippen LogP contribution in [0.5, 0.6) is 0 Å². The first-order valence-electron chi connectivity index (χ1n) is 9.77. The Balaban J connectivity index is 1.37. The van der Waals surface area contributed by atoms with Gasteiger partial charge in [-0.15, -0.1) is 11.8 Å². The Morgan fingerprint density at radius 1 is 1.21 bits per heavy atom. The second kappa shape index (κ2) is 7.62. The Labute approximate surface area is 172 Å². The van der Waals surface area contributed by atoms with Gasteiger partial charge in [-0.05, 0) is 38.0 Å². The fourth-order valence-corrected chi connectivity index (χ4v) is 4.84. The number of aryl methyl sites for hydroxylation is 2. The highest BCUT2D eigenvalue weighted by atomic mass is 32.2. The second-order valence-corrected chi connectivity index (χ2v) is 8.43. The van der Waals surface area contributed by atoms with Gasteiger partial charge in [0.1, 0.15) is 11.6 Å². The summed E-state index contributed by atoms with van der Waals surface area (Å²) in [5.74, 6) is 3.88. The zero-order valence-corrected chi connectivity index (χ0v) is 16.9. The molecular formula is C20H21FN6OS. The minimum absolute atomic E-state index is 0.271. The van der Waals surface area contributed by atoms with Crippen LogP contribution in [0.3, 0.4) is 0 Å². The number of aromatic nitrogens is 4. The van der Waals surface area contributed by atoms with E-state index in [1.54, 1.807) is 17.8 Å². The summed E-state index contributed by atoms with van der Waals surface area (Å²) in [6.07, 6.45) is 2.76. The highest BCUT2D eigenvalue weighted by Crippen LogP contribution is 2.38. The highest BCUT2D eigenvalue weighted by molar-refractivity contribution is 7.99. The van der Waals surface area contributed by atoms with Gasteiger partial charge in [-0.25, -0.2) is 9.37 Å². The van der Waals surface area contributed by atoms with Gasteiger partial charge in [0.05, 0.1) is 10.6 Å². The van der Waals surface area contributed by atoms with Crippen molar-refractivity contribution >= 4 is 29.2 Å². The average Bonchev–Trinajstić information content (AvgIpc) is 3.37. The fourth-order valence-electron chi connectivity index (χ4n) is 3.79. The number of benzene rings is 1. The molecule has 4 heterocycles. The van der Waals surface area contributed by atoms with Gasteiger partial charge in [-0.3, -0.25) is 0 Å². The number of piperidine rings is 1. The van der Waals surface area contributed by atoms with Crippen LogP contribution in [0.2, 0.25) is 0 Å². The number of rotatable bonds is 4. The molecule has 0 unspecified atom stereocenters. The summed E-state index contributed by atoms with van der Waals surface area (Å²) in [5.41, 5.74) is 1.75. The van der Waals surface area contributed by atoms with Gasteiger partial charge in [-0.1, -0.05) is 11.2 Å². The van der Waals surface area contributed by atoms with Crippen molar-refractivity contribution in [3.63, 3.8) is 0 Å². The van der Waals surface area contributed by atoms with Crippen molar-refractivity contribution < 1.29 is 8.91 Å². The lowest BCUT2D eigenvalue weighted by atomic mass is 9.97. The van der Waals surface area contributed by atoms with Crippen LogP contribution < -0.4 is 10.2 Å². The molecule has 0 aliphatic carbocycles. The topological polar surface area (TPSA) is 80.0 Å². The normalized spacial score (nSPS) is 16.8. The summed E-state index contributed by atoms with van der Waals surface area (Å²) in [6.45, 7) is 3.50. The van der Waals surface area contributed by atoms with Crippen LogP contribution in [0.1, 0.15) is 36.2 Å². The molecule has 0 radical (unpaired) electrons. The van der Waals surface area contributed by atoms with E-state index in [-0.39, 0.29) is 11.7 Å². The van der Waals surface area contributed by atoms with Crippen molar-refractivity contribution in [2.75, 3.05) is 29.1 Å². The minimum atomic E-state index is -0.271. The third-order valence-corrected chi connectivity index (χ3v) is 6.39. The molecule has 0 saturated carbocycles. The van der Waals surface area contributed by atoms with E-state index in [0.29, 0.717) is 11.5 Å². The number of nitrogens with one attached hydrogen (secondary N) is 1. The van der Waals surface area contributed by atoms with Crippen molar-refractivity contribution in [3.8, 4) is 0 Å². The zero-order chi connectivity index (χ0) is 19.8. The van der Waals surface area contributed by atoms with Crippen LogP contribution in [0, 0.1) is 12.7 Å². The zero-order valence-electron chi connectivity index (χ0n) is 16.1. The summed E-state index contributed by atoms with van der Waals surface area (Å²) >= 11 is 1.75. The van der Waals surface area contributed by atoms with E-state index in [4.69, 9.17) is 14.5 Å². The smallest absolute Gasteiger partial charge is 0.229 e. The van der Waals surface area contributed by atoms with Crippen molar-refractivity contribution in [1.29, 1.82) is 0 Å². The van der Waals surface area contributed by atoms with Gasteiger partial charge in [0.15, 0.2) is 5.82 Å². The lowest BCUT2D eigenvalue weighted by Crippen LogP contribution is -2.34. The first-order chi connectivity index (χ1) is 14.2. The predicted molar refractivity (Wildman–Crippen MR) is 109 cm³/mol. The molecule has 0 atom stereocenters. The summed E-state index contributed by atoms with van der Waals surface area (Å²) in [5, 5.41) is 7.19. The molecule has 9 heteroatoms. The molecule has 29 heavy (non-hydrogen) atoms. The molecule has 1 fully saturated rings. The van der Waals surface area contributed by atoms with E-state index in [1.165, 1.54) is 12.1 Å². The molecule has 1 saturated heterocycles. The van der Waals surface area contributed by atoms with Crippen molar-refractivity contribution in [1.82, 2.24) is 20.1 Å². The summed E-state index contributed by atoms with van der Waals surface area (Å²) in [7, 11) is 0. The third-order valence-electron chi connectivity index (χ3n) is 5.27. The number of nitrogens with zero attached hydrogens (tertiary/aromatic N) is 5. The molecule has 0 bridgehead atoms. The van der Waals surface area contributed by atoms with E-state index < -0.39 is 0 Å². The minimum Gasteiger partial charge on any atom is -0.341 e. The van der Waals surface area contributed by atoms with Crippen LogP contribution in [0.25, 0.3) is 0 Å². The molecule has 1 aromatic carbocycles. The van der Waals surface area contributed by atoms with Crippen molar-refractivity contribution in [2.24, 2.45) is 0 Å². The predicted octanol–water partition coefficient (Wildman–Crippen LogP) is 4.08. The number of halogens is 1. The van der Waals surface area contributed by atoms with Crippen molar-refractivity contribution in [3.05, 3.63) is 47.5 Å². The number of hydrogen-bond donors (Lipinski definition) is 1. The number of hydrogen-bond acceptors (Lipinski definition) is 8. The average molecular weight is 412 g/mol. The van der Waals surface area contributed by atoms with Gasteiger partial charge >= 0.3 is 0 Å². The molecule has 2 aliphatic rings. The first kappa shape index (κ1) is 18.4. The number of fused-ring (bicyclic) bond motifs is 1. The van der Waals surface area contributed by atoms with Crippen LogP contribution in [-0.4, -0.2) is 39.0 Å². The molecule has 7 nitrogen and oxygen atoms in total. The maximum Gasteiger partial charge on any atom is 0.229 e. The number of thioether (sulfide) groups is 1. The molecule has 1 N–H and O–H groups in total. The summed E-state index contributed by atoms with van der Waals surface area (Å²) in [4.78, 5) is 17.3. The molecule has 0 amide bonds. The van der Waals surface area contributed by atoms with E-state index in [0.717, 1.165) is 66.4 Å². The van der Waals surface area contributed by atoms with Crippen LogP contribution in [0.4, 0.5) is 21.8 Å². The monoisotopic (exact) mass is 412 g/mol. The van der Waals surface area contributed by atoms with Gasteiger partial charge < -0.3 is 14.7 Å². The van der Waals surface area contributed by atoms with Gasteiger partial charge in [0, 0.05) is 36.9 Å². The van der Waals surface area contributed by atoms with Crippen LogP contribution in [0.15, 0.2) is 33.7 Å². The molecule has 3 aromatic rings. The van der Waals surface area contributed by atoms with Gasteiger partial charge in [0.2, 0.25) is 11.8 Å². The maximum atomic E-state index is 13.6. The number of anilines is 3. The van der Waals surface area contributed by atoms with Crippen molar-refractivity contribution in [2.45, 2.75) is 37.0 Å². The van der Waals surface area contributed by atoms with Crippen LogP contribution in [-0.2, 0) is 6.42 Å². The molecule has 5 rings (SSSR count). The Morgan fingerprint density at radius 2 is 2.07 bits per heavy atom. The largest absolute Gasteiger partial charge is 0.341 e. The Kier molecular flexibility index (Phi) is 4.83. The van der Waals surface area contributed by atoms with E-state index in [9.17, 15) is 4.39 Å². The molecule has 2 aromatic heterocycles. The van der Waals surface area contributed by atoms with Crippen LogP contribution >= 0.6 is 11.8 Å². The second-order valence-electron chi connectivity index (χ2n) is 7.32. The van der Waals surface area contributed by atoms with Gasteiger partial charge in [0.25, 0.3) is 0 Å². The summed E-state index contributed by atoms with van der Waals surface area (Å²) < 4.78 is 18.9. The summed E-state index contributed by atoms with van der Waals surface area (Å²) in [6, 6.07) is 6.45. The Hall–Kier alpha value is -2.68. The van der Waals surface area contributed by atoms with E-state index in [2.05, 4.69) is 20.4 Å². The Bertz CT molecular complexity index is 1030. The molecule has 2 aliphatic heterocycles. The highest BCUT2D eigenvalue weighted by Gasteiger charge is 2.28. The fraction of sp³-hybridized carbons (Fsp3) is 0.400.